The second-order valence-electron chi connectivity index (χ2n) is 3.65. The van der Waals surface area contributed by atoms with Crippen molar-refractivity contribution < 1.29 is 14.6 Å². The van der Waals surface area contributed by atoms with Crippen LogP contribution >= 0.6 is 11.6 Å². The van der Waals surface area contributed by atoms with Crippen molar-refractivity contribution in [1.82, 2.24) is 0 Å². The molecule has 1 N–H and O–H groups in total. The first kappa shape index (κ1) is 13.0. The van der Waals surface area contributed by atoms with Crippen molar-refractivity contribution in [3.8, 4) is 0 Å². The molecule has 16 heavy (non-hydrogen) atoms. The van der Waals surface area contributed by atoms with Crippen LogP contribution < -0.4 is 0 Å². The third kappa shape index (κ3) is 4.21. The summed E-state index contributed by atoms with van der Waals surface area (Å²) in [4.78, 5) is 11.0. The SMILES string of the molecule is COCCC(Cc1ccc(Cl)cc1)C(=O)O. The summed E-state index contributed by atoms with van der Waals surface area (Å²) >= 11 is 5.76. The van der Waals surface area contributed by atoms with Crippen LogP contribution in [0.15, 0.2) is 24.3 Å². The second-order valence-corrected chi connectivity index (χ2v) is 4.08. The molecule has 88 valence electrons. The van der Waals surface area contributed by atoms with Crippen molar-refractivity contribution in [2.24, 2.45) is 5.92 Å². The van der Waals surface area contributed by atoms with Crippen molar-refractivity contribution in [1.29, 1.82) is 0 Å². The number of halogens is 1. The first-order valence-electron chi connectivity index (χ1n) is 5.09. The molecule has 0 aliphatic rings. The monoisotopic (exact) mass is 242 g/mol. The lowest BCUT2D eigenvalue weighted by molar-refractivity contribution is -0.142. The molecule has 0 fully saturated rings. The van der Waals surface area contributed by atoms with Gasteiger partial charge in [-0.2, -0.15) is 0 Å². The van der Waals surface area contributed by atoms with Gasteiger partial charge in [0.05, 0.1) is 5.92 Å². The summed E-state index contributed by atoms with van der Waals surface area (Å²) in [5, 5.41) is 9.69. The number of hydrogen-bond acceptors (Lipinski definition) is 2. The van der Waals surface area contributed by atoms with Gasteiger partial charge in [0.2, 0.25) is 0 Å². The van der Waals surface area contributed by atoms with Crippen LogP contribution in [-0.2, 0) is 16.0 Å². The molecule has 0 aromatic heterocycles. The molecule has 1 aromatic rings. The minimum absolute atomic E-state index is 0.402. The number of ether oxygens (including phenoxy) is 1. The molecule has 0 heterocycles. The van der Waals surface area contributed by atoms with Crippen molar-refractivity contribution in [2.45, 2.75) is 12.8 Å². The van der Waals surface area contributed by atoms with E-state index in [1.54, 1.807) is 19.2 Å². The molecule has 3 nitrogen and oxygen atoms in total. The number of aliphatic carboxylic acids is 1. The Hall–Kier alpha value is -1.06. The molecule has 0 aliphatic carbocycles. The highest BCUT2D eigenvalue weighted by Gasteiger charge is 2.17. The van der Waals surface area contributed by atoms with Crippen LogP contribution in [0, 0.1) is 5.92 Å². The largest absolute Gasteiger partial charge is 0.481 e. The predicted octanol–water partition coefficient (Wildman–Crippen LogP) is 2.62. The number of carboxylic acid groups (broad SMARTS) is 1. The van der Waals surface area contributed by atoms with Crippen LogP contribution in [0.25, 0.3) is 0 Å². The van der Waals surface area contributed by atoms with E-state index in [9.17, 15) is 4.79 Å². The quantitative estimate of drug-likeness (QED) is 0.834. The highest BCUT2D eigenvalue weighted by molar-refractivity contribution is 6.30. The van der Waals surface area contributed by atoms with E-state index in [4.69, 9.17) is 21.4 Å². The summed E-state index contributed by atoms with van der Waals surface area (Å²) < 4.78 is 4.89. The van der Waals surface area contributed by atoms with Gasteiger partial charge >= 0.3 is 5.97 Å². The van der Waals surface area contributed by atoms with Crippen molar-refractivity contribution in [2.75, 3.05) is 13.7 Å². The molecule has 1 rings (SSSR count). The first-order chi connectivity index (χ1) is 7.63. The second kappa shape index (κ2) is 6.51. The third-order valence-corrected chi connectivity index (χ3v) is 2.67. The Labute approximate surface area is 100.0 Å². The summed E-state index contributed by atoms with van der Waals surface area (Å²) in [7, 11) is 1.57. The molecule has 0 saturated carbocycles. The van der Waals surface area contributed by atoms with Gasteiger partial charge in [-0.15, -0.1) is 0 Å². The summed E-state index contributed by atoms with van der Waals surface area (Å²) in [6, 6.07) is 7.24. The van der Waals surface area contributed by atoms with Gasteiger partial charge in [-0.1, -0.05) is 23.7 Å². The zero-order chi connectivity index (χ0) is 12.0. The lowest BCUT2D eigenvalue weighted by Gasteiger charge is -2.11. The predicted molar refractivity (Wildman–Crippen MR) is 62.8 cm³/mol. The normalized spacial score (nSPS) is 12.4. The zero-order valence-electron chi connectivity index (χ0n) is 9.15. The molecule has 0 amide bonds. The number of carboxylic acids is 1. The molecule has 0 spiro atoms. The van der Waals surface area contributed by atoms with Crippen molar-refractivity contribution in [3.05, 3.63) is 34.9 Å². The molecule has 0 bridgehead atoms. The zero-order valence-corrected chi connectivity index (χ0v) is 9.91. The van der Waals surface area contributed by atoms with E-state index in [1.807, 2.05) is 12.1 Å². The fourth-order valence-corrected chi connectivity index (χ4v) is 1.60. The van der Waals surface area contributed by atoms with Gasteiger partial charge in [0, 0.05) is 18.7 Å². The van der Waals surface area contributed by atoms with Crippen LogP contribution in [0.3, 0.4) is 0 Å². The van der Waals surface area contributed by atoms with Gasteiger partial charge < -0.3 is 9.84 Å². The Balaban J connectivity index is 2.60. The lowest BCUT2D eigenvalue weighted by atomic mass is 9.97. The highest BCUT2D eigenvalue weighted by atomic mass is 35.5. The molecule has 0 radical (unpaired) electrons. The fraction of sp³-hybridized carbons (Fsp3) is 0.417. The lowest BCUT2D eigenvalue weighted by Crippen LogP contribution is -2.18. The molecule has 1 unspecified atom stereocenters. The maximum atomic E-state index is 11.0. The molecular weight excluding hydrogens is 228 g/mol. The molecule has 0 aliphatic heterocycles. The summed E-state index contributed by atoms with van der Waals surface area (Å²) in [6.07, 6.45) is 1.03. The van der Waals surface area contributed by atoms with E-state index in [0.717, 1.165) is 5.56 Å². The maximum Gasteiger partial charge on any atom is 0.306 e. The van der Waals surface area contributed by atoms with Crippen LogP contribution in [-0.4, -0.2) is 24.8 Å². The average Bonchev–Trinajstić information content (AvgIpc) is 2.26. The maximum absolute atomic E-state index is 11.0. The van der Waals surface area contributed by atoms with E-state index < -0.39 is 11.9 Å². The number of rotatable bonds is 6. The van der Waals surface area contributed by atoms with Crippen LogP contribution in [0.2, 0.25) is 5.02 Å². The Kier molecular flexibility index (Phi) is 5.29. The Morgan fingerprint density at radius 3 is 2.56 bits per heavy atom. The first-order valence-corrected chi connectivity index (χ1v) is 5.47. The molecular formula is C12H15ClO3. The fourth-order valence-electron chi connectivity index (χ4n) is 1.48. The van der Waals surface area contributed by atoms with Gasteiger partial charge in [-0.05, 0) is 30.5 Å². The minimum atomic E-state index is -0.785. The van der Waals surface area contributed by atoms with E-state index in [2.05, 4.69) is 0 Å². The van der Waals surface area contributed by atoms with Gasteiger partial charge in [0.15, 0.2) is 0 Å². The van der Waals surface area contributed by atoms with Crippen LogP contribution in [0.5, 0.6) is 0 Å². The van der Waals surface area contributed by atoms with E-state index >= 15 is 0 Å². The molecule has 4 heteroatoms. The Morgan fingerprint density at radius 1 is 1.44 bits per heavy atom. The van der Waals surface area contributed by atoms with E-state index in [1.165, 1.54) is 0 Å². The van der Waals surface area contributed by atoms with Gasteiger partial charge in [-0.25, -0.2) is 0 Å². The number of methoxy groups -OCH3 is 1. The van der Waals surface area contributed by atoms with Crippen molar-refractivity contribution >= 4 is 17.6 Å². The number of hydrogen-bond donors (Lipinski definition) is 1. The van der Waals surface area contributed by atoms with Crippen LogP contribution in [0.4, 0.5) is 0 Å². The smallest absolute Gasteiger partial charge is 0.306 e. The van der Waals surface area contributed by atoms with Gasteiger partial charge in [0.25, 0.3) is 0 Å². The highest BCUT2D eigenvalue weighted by Crippen LogP contribution is 2.15. The Morgan fingerprint density at radius 2 is 2.06 bits per heavy atom. The minimum Gasteiger partial charge on any atom is -0.481 e. The summed E-state index contributed by atoms with van der Waals surface area (Å²) in [5.74, 6) is -1.19. The molecule has 0 saturated heterocycles. The average molecular weight is 243 g/mol. The molecule has 1 aromatic carbocycles. The summed E-state index contributed by atoms with van der Waals surface area (Å²) in [5.41, 5.74) is 0.980. The van der Waals surface area contributed by atoms with Gasteiger partial charge in [-0.3, -0.25) is 4.79 Å². The number of benzene rings is 1. The van der Waals surface area contributed by atoms with Crippen LogP contribution in [0.1, 0.15) is 12.0 Å². The number of carbonyl (C=O) groups is 1. The topological polar surface area (TPSA) is 46.5 Å². The van der Waals surface area contributed by atoms with E-state index in [-0.39, 0.29) is 0 Å². The van der Waals surface area contributed by atoms with E-state index in [0.29, 0.717) is 24.5 Å². The standard InChI is InChI=1S/C12H15ClO3/c1-16-7-6-10(12(14)15)8-9-2-4-11(13)5-3-9/h2-5,10H,6-8H2,1H3,(H,14,15). The third-order valence-electron chi connectivity index (χ3n) is 2.42. The summed E-state index contributed by atoms with van der Waals surface area (Å²) in [6.45, 7) is 0.463. The molecule has 1 atom stereocenters. The van der Waals surface area contributed by atoms with Crippen molar-refractivity contribution in [3.63, 3.8) is 0 Å². The van der Waals surface area contributed by atoms with Gasteiger partial charge in [0.1, 0.15) is 0 Å². The Bertz CT molecular complexity index is 335.